The summed E-state index contributed by atoms with van der Waals surface area (Å²) < 4.78 is 23.2. The third-order valence-electron chi connectivity index (χ3n) is 6.19. The molecule has 1 spiro atoms. The van der Waals surface area contributed by atoms with Crippen LogP contribution in [0.15, 0.2) is 4.99 Å². The first-order valence-electron chi connectivity index (χ1n) is 9.18. The highest BCUT2D eigenvalue weighted by atomic mass is 127. The predicted octanol–water partition coefficient (Wildman–Crippen LogP) is 2.52. The third kappa shape index (κ3) is 4.37. The highest BCUT2D eigenvalue weighted by molar-refractivity contribution is 14.0. The van der Waals surface area contributed by atoms with Crippen molar-refractivity contribution in [2.45, 2.75) is 46.0 Å². The average molecular weight is 469 g/mol. The van der Waals surface area contributed by atoms with Crippen LogP contribution in [-0.2, 0) is 9.84 Å². The summed E-state index contributed by atoms with van der Waals surface area (Å²) in [6, 6.07) is 0. The number of aliphatic imine (C=N–C) groups is 1. The summed E-state index contributed by atoms with van der Waals surface area (Å²) in [5.41, 5.74) is 0.505. The van der Waals surface area contributed by atoms with E-state index < -0.39 is 9.84 Å². The van der Waals surface area contributed by atoms with Gasteiger partial charge in [-0.1, -0.05) is 13.3 Å². The molecular weight excluding hydrogens is 437 g/mol. The number of sulfone groups is 1. The molecule has 0 aromatic heterocycles. The number of halogens is 1. The average Bonchev–Trinajstić information content (AvgIpc) is 2.82. The van der Waals surface area contributed by atoms with Crippen LogP contribution in [-0.4, -0.2) is 57.0 Å². The lowest BCUT2D eigenvalue weighted by Crippen LogP contribution is -2.56. The van der Waals surface area contributed by atoms with Crippen LogP contribution in [0.1, 0.15) is 46.0 Å². The SMILES string of the molecule is CCNC(=NCC1CCS(=O)(=O)C1)N1CCC(C)C2(CCC2)C1.I. The number of nitrogens with zero attached hydrogens (tertiary/aromatic N) is 2. The number of likely N-dealkylation sites (tertiary alicyclic amines) is 1. The maximum absolute atomic E-state index is 11.6. The van der Waals surface area contributed by atoms with Crippen LogP contribution in [0.2, 0.25) is 0 Å². The number of hydrogen-bond donors (Lipinski definition) is 1. The second-order valence-corrected chi connectivity index (χ2v) is 10.0. The van der Waals surface area contributed by atoms with Gasteiger partial charge in [0.1, 0.15) is 0 Å². The lowest BCUT2D eigenvalue weighted by Gasteiger charge is -2.53. The number of hydrogen-bond acceptors (Lipinski definition) is 3. The highest BCUT2D eigenvalue weighted by Gasteiger charge is 2.46. The molecule has 0 radical (unpaired) electrons. The molecule has 2 heterocycles. The van der Waals surface area contributed by atoms with Gasteiger partial charge in [0, 0.05) is 26.2 Å². The molecule has 5 nitrogen and oxygen atoms in total. The third-order valence-corrected chi connectivity index (χ3v) is 8.03. The Bertz CT molecular complexity index is 560. The van der Waals surface area contributed by atoms with Gasteiger partial charge in [0.25, 0.3) is 0 Å². The zero-order valence-electron chi connectivity index (χ0n) is 15.0. The molecule has 1 N–H and O–H groups in total. The second kappa shape index (κ2) is 8.10. The van der Waals surface area contributed by atoms with E-state index in [0.717, 1.165) is 37.9 Å². The molecule has 2 aliphatic heterocycles. The Kier molecular flexibility index (Phi) is 6.84. The van der Waals surface area contributed by atoms with E-state index in [4.69, 9.17) is 4.99 Å². The molecular formula is C17H32IN3O2S. The fourth-order valence-electron chi connectivity index (χ4n) is 4.39. The minimum Gasteiger partial charge on any atom is -0.357 e. The molecule has 3 aliphatic rings. The van der Waals surface area contributed by atoms with Gasteiger partial charge in [0.15, 0.2) is 15.8 Å². The van der Waals surface area contributed by atoms with Crippen molar-refractivity contribution in [2.75, 3.05) is 37.7 Å². The Labute approximate surface area is 164 Å². The minimum atomic E-state index is -2.80. The first kappa shape index (κ1) is 20.3. The molecule has 24 heavy (non-hydrogen) atoms. The van der Waals surface area contributed by atoms with E-state index in [2.05, 4.69) is 24.1 Å². The Morgan fingerprint density at radius 2 is 2.08 bits per heavy atom. The Morgan fingerprint density at radius 1 is 1.33 bits per heavy atom. The Hall–Kier alpha value is -0.0500. The smallest absolute Gasteiger partial charge is 0.193 e. The summed E-state index contributed by atoms with van der Waals surface area (Å²) >= 11 is 0. The van der Waals surface area contributed by atoms with Crippen LogP contribution in [0.5, 0.6) is 0 Å². The fraction of sp³-hybridized carbons (Fsp3) is 0.941. The quantitative estimate of drug-likeness (QED) is 0.392. The molecule has 3 rings (SSSR count). The van der Waals surface area contributed by atoms with Crippen LogP contribution in [0, 0.1) is 17.3 Å². The predicted molar refractivity (Wildman–Crippen MR) is 110 cm³/mol. The second-order valence-electron chi connectivity index (χ2n) is 7.79. The van der Waals surface area contributed by atoms with Crippen LogP contribution >= 0.6 is 24.0 Å². The molecule has 2 atom stereocenters. The zero-order valence-corrected chi connectivity index (χ0v) is 18.1. The summed E-state index contributed by atoms with van der Waals surface area (Å²) in [4.78, 5) is 7.22. The Morgan fingerprint density at radius 3 is 2.62 bits per heavy atom. The van der Waals surface area contributed by atoms with Crippen molar-refractivity contribution in [3.05, 3.63) is 0 Å². The summed E-state index contributed by atoms with van der Waals surface area (Å²) in [5, 5.41) is 3.42. The minimum absolute atomic E-state index is 0. The van der Waals surface area contributed by atoms with Gasteiger partial charge in [-0.15, -0.1) is 24.0 Å². The molecule has 0 bridgehead atoms. The van der Waals surface area contributed by atoms with E-state index >= 15 is 0 Å². The molecule has 3 fully saturated rings. The molecule has 1 saturated carbocycles. The number of guanidine groups is 1. The molecule has 7 heteroatoms. The largest absolute Gasteiger partial charge is 0.357 e. The summed E-state index contributed by atoms with van der Waals surface area (Å²) in [5.74, 6) is 2.67. The van der Waals surface area contributed by atoms with Crippen molar-refractivity contribution in [3.8, 4) is 0 Å². The number of nitrogens with one attached hydrogen (secondary N) is 1. The van der Waals surface area contributed by atoms with Crippen LogP contribution < -0.4 is 5.32 Å². The van der Waals surface area contributed by atoms with Crippen molar-refractivity contribution in [1.29, 1.82) is 0 Å². The van der Waals surface area contributed by atoms with E-state index in [1.54, 1.807) is 0 Å². The maximum Gasteiger partial charge on any atom is 0.193 e. The van der Waals surface area contributed by atoms with Crippen molar-refractivity contribution in [2.24, 2.45) is 22.2 Å². The van der Waals surface area contributed by atoms with Gasteiger partial charge in [-0.2, -0.15) is 0 Å². The summed E-state index contributed by atoms with van der Waals surface area (Å²) in [6.07, 6.45) is 6.08. The van der Waals surface area contributed by atoms with Gasteiger partial charge < -0.3 is 10.2 Å². The lowest BCUT2D eigenvalue weighted by molar-refractivity contribution is -0.00508. The Balaban J connectivity index is 0.00000208. The fourth-order valence-corrected chi connectivity index (χ4v) is 6.24. The highest BCUT2D eigenvalue weighted by Crippen LogP contribution is 2.50. The molecule has 0 aromatic carbocycles. The molecule has 2 unspecified atom stereocenters. The molecule has 0 amide bonds. The van der Waals surface area contributed by atoms with Gasteiger partial charge >= 0.3 is 0 Å². The summed E-state index contributed by atoms with van der Waals surface area (Å²) in [7, 11) is -2.80. The van der Waals surface area contributed by atoms with Crippen molar-refractivity contribution in [1.82, 2.24) is 10.2 Å². The van der Waals surface area contributed by atoms with Crippen LogP contribution in [0.25, 0.3) is 0 Å². The standard InChI is InChI=1S/C17H31N3O2S.HI/c1-3-18-16(19-11-15-6-10-23(21,22)12-15)20-9-5-14(2)17(13-20)7-4-8-17;/h14-15H,3-13H2,1-2H3,(H,18,19);1H. The molecule has 1 aliphatic carbocycles. The van der Waals surface area contributed by atoms with Gasteiger partial charge in [0.2, 0.25) is 0 Å². The van der Waals surface area contributed by atoms with E-state index in [9.17, 15) is 8.42 Å². The van der Waals surface area contributed by atoms with Crippen molar-refractivity contribution < 1.29 is 8.42 Å². The van der Waals surface area contributed by atoms with E-state index in [-0.39, 0.29) is 29.9 Å². The molecule has 140 valence electrons. The topological polar surface area (TPSA) is 61.8 Å². The first-order chi connectivity index (χ1) is 10.9. The lowest BCUT2D eigenvalue weighted by atomic mass is 9.59. The molecule has 2 saturated heterocycles. The zero-order chi connectivity index (χ0) is 16.5. The van der Waals surface area contributed by atoms with E-state index in [0.29, 0.717) is 23.5 Å². The van der Waals surface area contributed by atoms with Crippen molar-refractivity contribution in [3.63, 3.8) is 0 Å². The maximum atomic E-state index is 11.6. The van der Waals surface area contributed by atoms with Gasteiger partial charge in [0.05, 0.1) is 11.5 Å². The monoisotopic (exact) mass is 469 g/mol. The van der Waals surface area contributed by atoms with Gasteiger partial charge in [-0.25, -0.2) is 8.42 Å². The summed E-state index contributed by atoms with van der Waals surface area (Å²) in [6.45, 7) is 8.19. The van der Waals surface area contributed by atoms with E-state index in [1.165, 1.54) is 25.7 Å². The first-order valence-corrected chi connectivity index (χ1v) is 11.0. The van der Waals surface area contributed by atoms with Crippen LogP contribution in [0.4, 0.5) is 0 Å². The van der Waals surface area contributed by atoms with Crippen LogP contribution in [0.3, 0.4) is 0 Å². The molecule has 0 aromatic rings. The van der Waals surface area contributed by atoms with E-state index in [1.807, 2.05) is 0 Å². The van der Waals surface area contributed by atoms with Gasteiger partial charge in [-0.05, 0) is 49.9 Å². The number of piperidine rings is 1. The van der Waals surface area contributed by atoms with Gasteiger partial charge in [-0.3, -0.25) is 4.99 Å². The number of rotatable bonds is 3. The van der Waals surface area contributed by atoms with Crippen molar-refractivity contribution >= 4 is 39.8 Å². The normalized spacial score (nSPS) is 31.4.